The molecule has 0 unspecified atom stereocenters. The standard InChI is InChI=1S/C15H12N4S/c1-9-6-12-14(17-8-9)19(15(16)18-12)11-2-3-13-10(7-11)4-5-20-13/h2-8H,1H3,(H2,16,18). The van der Waals surface area contributed by atoms with Crippen molar-refractivity contribution in [2.75, 3.05) is 5.73 Å². The van der Waals surface area contributed by atoms with Crippen molar-refractivity contribution in [3.63, 3.8) is 0 Å². The molecule has 0 saturated heterocycles. The molecule has 20 heavy (non-hydrogen) atoms. The predicted octanol–water partition coefficient (Wildman–Crippen LogP) is 3.53. The topological polar surface area (TPSA) is 56.7 Å². The van der Waals surface area contributed by atoms with E-state index in [-0.39, 0.29) is 0 Å². The molecule has 98 valence electrons. The molecule has 0 radical (unpaired) electrons. The van der Waals surface area contributed by atoms with Gasteiger partial charge in [0.25, 0.3) is 0 Å². The Labute approximate surface area is 119 Å². The smallest absolute Gasteiger partial charge is 0.207 e. The zero-order valence-corrected chi connectivity index (χ0v) is 11.7. The van der Waals surface area contributed by atoms with E-state index in [1.807, 2.05) is 23.8 Å². The van der Waals surface area contributed by atoms with Gasteiger partial charge in [0.2, 0.25) is 5.95 Å². The number of imidazole rings is 1. The second-order valence-electron chi connectivity index (χ2n) is 4.80. The highest BCUT2D eigenvalue weighted by atomic mass is 32.1. The number of rotatable bonds is 1. The molecule has 4 aromatic rings. The summed E-state index contributed by atoms with van der Waals surface area (Å²) in [5.74, 6) is 0.465. The quantitative estimate of drug-likeness (QED) is 0.580. The summed E-state index contributed by atoms with van der Waals surface area (Å²) in [7, 11) is 0. The molecule has 0 aliphatic heterocycles. The minimum absolute atomic E-state index is 0.465. The Balaban J connectivity index is 2.03. The van der Waals surface area contributed by atoms with Crippen molar-refractivity contribution in [3.05, 3.63) is 47.5 Å². The number of anilines is 1. The number of benzene rings is 1. The van der Waals surface area contributed by atoms with E-state index in [1.54, 1.807) is 11.3 Å². The zero-order chi connectivity index (χ0) is 13.7. The highest BCUT2D eigenvalue weighted by molar-refractivity contribution is 7.17. The number of nitrogen functional groups attached to an aromatic ring is 1. The van der Waals surface area contributed by atoms with E-state index in [9.17, 15) is 0 Å². The SMILES string of the molecule is Cc1cnc2c(c1)nc(N)n2-c1ccc2sccc2c1. The van der Waals surface area contributed by atoms with Gasteiger partial charge in [0, 0.05) is 10.9 Å². The summed E-state index contributed by atoms with van der Waals surface area (Å²) < 4.78 is 3.16. The van der Waals surface area contributed by atoms with Crippen LogP contribution in [0, 0.1) is 6.92 Å². The molecule has 0 amide bonds. The second-order valence-corrected chi connectivity index (χ2v) is 5.75. The third kappa shape index (κ3) is 1.60. The number of aromatic nitrogens is 3. The van der Waals surface area contributed by atoms with Crippen LogP contribution in [-0.4, -0.2) is 14.5 Å². The highest BCUT2D eigenvalue weighted by Gasteiger charge is 2.11. The monoisotopic (exact) mass is 280 g/mol. The van der Waals surface area contributed by atoms with E-state index in [0.29, 0.717) is 5.95 Å². The van der Waals surface area contributed by atoms with Crippen molar-refractivity contribution in [1.29, 1.82) is 0 Å². The van der Waals surface area contributed by atoms with Gasteiger partial charge < -0.3 is 5.73 Å². The molecule has 0 spiro atoms. The Morgan fingerprint density at radius 3 is 3.00 bits per heavy atom. The van der Waals surface area contributed by atoms with E-state index >= 15 is 0 Å². The van der Waals surface area contributed by atoms with Crippen molar-refractivity contribution in [1.82, 2.24) is 14.5 Å². The number of pyridine rings is 1. The largest absolute Gasteiger partial charge is 0.369 e. The van der Waals surface area contributed by atoms with Crippen molar-refractivity contribution >= 4 is 38.5 Å². The molecule has 0 aliphatic rings. The van der Waals surface area contributed by atoms with Crippen LogP contribution in [0.2, 0.25) is 0 Å². The van der Waals surface area contributed by atoms with Gasteiger partial charge in [-0.05, 0) is 53.6 Å². The molecule has 0 aliphatic carbocycles. The Morgan fingerprint density at radius 2 is 2.10 bits per heavy atom. The molecule has 2 N–H and O–H groups in total. The Bertz CT molecular complexity index is 936. The van der Waals surface area contributed by atoms with E-state index in [0.717, 1.165) is 22.4 Å². The molecule has 4 nitrogen and oxygen atoms in total. The number of fused-ring (bicyclic) bond motifs is 2. The number of hydrogen-bond acceptors (Lipinski definition) is 4. The Hall–Kier alpha value is -2.40. The summed E-state index contributed by atoms with van der Waals surface area (Å²) >= 11 is 1.73. The molecular weight excluding hydrogens is 268 g/mol. The fourth-order valence-corrected chi connectivity index (χ4v) is 3.20. The Morgan fingerprint density at radius 1 is 1.20 bits per heavy atom. The summed E-state index contributed by atoms with van der Waals surface area (Å²) in [4.78, 5) is 8.87. The van der Waals surface area contributed by atoms with Crippen molar-refractivity contribution in [3.8, 4) is 5.69 Å². The van der Waals surface area contributed by atoms with Gasteiger partial charge in [0.15, 0.2) is 5.65 Å². The van der Waals surface area contributed by atoms with Crippen LogP contribution in [0.25, 0.3) is 26.9 Å². The minimum Gasteiger partial charge on any atom is -0.369 e. The lowest BCUT2D eigenvalue weighted by atomic mass is 10.2. The number of aryl methyl sites for hydroxylation is 1. The van der Waals surface area contributed by atoms with Gasteiger partial charge in [-0.2, -0.15) is 0 Å². The lowest BCUT2D eigenvalue weighted by molar-refractivity contribution is 1.09. The molecular formula is C15H12N4S. The lowest BCUT2D eigenvalue weighted by Crippen LogP contribution is -2.01. The highest BCUT2D eigenvalue weighted by Crippen LogP contribution is 2.27. The summed E-state index contributed by atoms with van der Waals surface area (Å²) in [5, 5.41) is 3.30. The second kappa shape index (κ2) is 4.05. The summed E-state index contributed by atoms with van der Waals surface area (Å²) in [6.07, 6.45) is 1.84. The summed E-state index contributed by atoms with van der Waals surface area (Å²) in [5.41, 5.74) is 9.76. The van der Waals surface area contributed by atoms with Gasteiger partial charge in [-0.3, -0.25) is 4.57 Å². The van der Waals surface area contributed by atoms with Crippen molar-refractivity contribution in [2.45, 2.75) is 6.92 Å². The zero-order valence-electron chi connectivity index (χ0n) is 10.9. The van der Waals surface area contributed by atoms with Crippen LogP contribution in [0.5, 0.6) is 0 Å². The maximum Gasteiger partial charge on any atom is 0.207 e. The van der Waals surface area contributed by atoms with E-state index in [2.05, 4.69) is 39.6 Å². The number of hydrogen-bond donors (Lipinski definition) is 1. The average molecular weight is 280 g/mol. The maximum atomic E-state index is 6.07. The normalized spacial score (nSPS) is 11.4. The molecule has 5 heteroatoms. The summed E-state index contributed by atoms with van der Waals surface area (Å²) in [6.45, 7) is 2.00. The Kier molecular flexibility index (Phi) is 2.31. The maximum absolute atomic E-state index is 6.07. The minimum atomic E-state index is 0.465. The van der Waals surface area contributed by atoms with Crippen molar-refractivity contribution < 1.29 is 0 Å². The van der Waals surface area contributed by atoms with Crippen LogP contribution in [-0.2, 0) is 0 Å². The first-order valence-electron chi connectivity index (χ1n) is 6.30. The lowest BCUT2D eigenvalue weighted by Gasteiger charge is -2.06. The molecule has 4 rings (SSSR count). The molecule has 3 heterocycles. The van der Waals surface area contributed by atoms with Gasteiger partial charge >= 0.3 is 0 Å². The molecule has 0 fully saturated rings. The van der Waals surface area contributed by atoms with Gasteiger partial charge in [0.05, 0.1) is 5.69 Å². The van der Waals surface area contributed by atoms with Crippen LogP contribution in [0.15, 0.2) is 41.9 Å². The van der Waals surface area contributed by atoms with Crippen LogP contribution >= 0.6 is 11.3 Å². The molecule has 3 aromatic heterocycles. The van der Waals surface area contributed by atoms with Crippen LogP contribution in [0.1, 0.15) is 5.56 Å². The molecule has 0 saturated carbocycles. The summed E-state index contributed by atoms with van der Waals surface area (Å²) in [6, 6.07) is 10.4. The van der Waals surface area contributed by atoms with E-state index < -0.39 is 0 Å². The first-order chi connectivity index (χ1) is 9.72. The predicted molar refractivity (Wildman–Crippen MR) is 83.4 cm³/mol. The van der Waals surface area contributed by atoms with Crippen LogP contribution in [0.3, 0.4) is 0 Å². The van der Waals surface area contributed by atoms with Gasteiger partial charge in [0.1, 0.15) is 5.52 Å². The number of nitrogens with zero attached hydrogens (tertiary/aromatic N) is 3. The first kappa shape index (κ1) is 11.4. The van der Waals surface area contributed by atoms with E-state index in [4.69, 9.17) is 5.73 Å². The van der Waals surface area contributed by atoms with Crippen LogP contribution < -0.4 is 5.73 Å². The number of nitrogens with two attached hydrogens (primary N) is 1. The van der Waals surface area contributed by atoms with E-state index in [1.165, 1.54) is 10.1 Å². The van der Waals surface area contributed by atoms with Gasteiger partial charge in [-0.15, -0.1) is 11.3 Å². The number of thiophene rings is 1. The van der Waals surface area contributed by atoms with Crippen LogP contribution in [0.4, 0.5) is 5.95 Å². The van der Waals surface area contributed by atoms with Crippen molar-refractivity contribution in [2.24, 2.45) is 0 Å². The third-order valence-electron chi connectivity index (χ3n) is 3.35. The average Bonchev–Trinajstić information content (AvgIpc) is 3.00. The molecule has 1 aromatic carbocycles. The first-order valence-corrected chi connectivity index (χ1v) is 7.18. The fourth-order valence-electron chi connectivity index (χ4n) is 2.43. The van der Waals surface area contributed by atoms with Gasteiger partial charge in [-0.1, -0.05) is 0 Å². The fraction of sp³-hybridized carbons (Fsp3) is 0.0667. The van der Waals surface area contributed by atoms with Gasteiger partial charge in [-0.25, -0.2) is 9.97 Å². The molecule has 0 atom stereocenters. The molecule has 0 bridgehead atoms. The third-order valence-corrected chi connectivity index (χ3v) is 4.25.